The van der Waals surface area contributed by atoms with Gasteiger partial charge in [-0.15, -0.1) is 11.3 Å². The molecule has 0 atom stereocenters. The van der Waals surface area contributed by atoms with Crippen molar-refractivity contribution in [2.75, 3.05) is 0 Å². The average molecular weight is 193 g/mol. The van der Waals surface area contributed by atoms with Crippen molar-refractivity contribution < 1.29 is 8.42 Å². The number of thiazole rings is 1. The molecule has 11 heavy (non-hydrogen) atoms. The molecular weight excluding hydrogens is 186 g/mol. The van der Waals surface area contributed by atoms with Crippen LogP contribution in [0.5, 0.6) is 0 Å². The quantitative estimate of drug-likeness (QED) is 0.645. The maximum absolute atomic E-state index is 10.6. The molecular formula is C4H7N3O2S2. The standard InChI is InChI=1S/C4H7N3O2S2/c5-1-3-7-4(2-10-3)11(6,8)9/h2H,1,5H2,(H2,6,8,9). The van der Waals surface area contributed by atoms with Gasteiger partial charge < -0.3 is 5.73 Å². The van der Waals surface area contributed by atoms with Gasteiger partial charge in [-0.2, -0.15) is 0 Å². The Morgan fingerprint density at radius 3 is 2.55 bits per heavy atom. The van der Waals surface area contributed by atoms with Gasteiger partial charge in [0.25, 0.3) is 10.0 Å². The van der Waals surface area contributed by atoms with Crippen LogP contribution < -0.4 is 10.9 Å². The van der Waals surface area contributed by atoms with Crippen LogP contribution in [0.3, 0.4) is 0 Å². The van der Waals surface area contributed by atoms with Crippen molar-refractivity contribution in [1.29, 1.82) is 0 Å². The highest BCUT2D eigenvalue weighted by atomic mass is 32.2. The minimum atomic E-state index is -3.65. The molecule has 0 radical (unpaired) electrons. The number of hydrogen-bond acceptors (Lipinski definition) is 5. The fourth-order valence-corrected chi connectivity index (χ4v) is 2.03. The van der Waals surface area contributed by atoms with E-state index in [1.54, 1.807) is 0 Å². The van der Waals surface area contributed by atoms with E-state index in [1.165, 1.54) is 16.7 Å². The summed E-state index contributed by atoms with van der Waals surface area (Å²) >= 11 is 1.18. The normalized spacial score (nSPS) is 11.8. The molecule has 0 aromatic carbocycles. The van der Waals surface area contributed by atoms with E-state index in [0.29, 0.717) is 5.01 Å². The zero-order valence-corrected chi connectivity index (χ0v) is 7.15. The zero-order chi connectivity index (χ0) is 8.48. The summed E-state index contributed by atoms with van der Waals surface area (Å²) in [5.41, 5.74) is 5.22. The summed E-state index contributed by atoms with van der Waals surface area (Å²) in [4.78, 5) is 3.68. The second kappa shape index (κ2) is 2.86. The van der Waals surface area contributed by atoms with E-state index < -0.39 is 10.0 Å². The van der Waals surface area contributed by atoms with Crippen molar-refractivity contribution in [3.8, 4) is 0 Å². The summed E-state index contributed by atoms with van der Waals surface area (Å²) in [7, 11) is -3.65. The summed E-state index contributed by atoms with van der Waals surface area (Å²) in [6.45, 7) is 0.236. The Kier molecular flexibility index (Phi) is 2.23. The monoisotopic (exact) mass is 193 g/mol. The van der Waals surface area contributed by atoms with E-state index >= 15 is 0 Å². The van der Waals surface area contributed by atoms with Gasteiger partial charge in [-0.3, -0.25) is 0 Å². The molecule has 0 aliphatic heterocycles. The third-order valence-corrected chi connectivity index (χ3v) is 2.81. The third-order valence-electron chi connectivity index (χ3n) is 0.997. The van der Waals surface area contributed by atoms with Crippen molar-refractivity contribution >= 4 is 21.4 Å². The molecule has 1 heterocycles. The van der Waals surface area contributed by atoms with Crippen LogP contribution in [0.1, 0.15) is 5.01 Å². The predicted octanol–water partition coefficient (Wildman–Crippen LogP) is -0.751. The van der Waals surface area contributed by atoms with Gasteiger partial charge >= 0.3 is 0 Å². The van der Waals surface area contributed by atoms with Crippen LogP contribution in [-0.4, -0.2) is 13.4 Å². The molecule has 1 aromatic rings. The van der Waals surface area contributed by atoms with Gasteiger partial charge in [0.15, 0.2) is 5.03 Å². The van der Waals surface area contributed by atoms with Crippen molar-refractivity contribution in [3.05, 3.63) is 10.4 Å². The van der Waals surface area contributed by atoms with Gasteiger partial charge in [0, 0.05) is 11.9 Å². The van der Waals surface area contributed by atoms with Crippen molar-refractivity contribution in [1.82, 2.24) is 4.98 Å². The molecule has 0 aliphatic rings. The van der Waals surface area contributed by atoms with Crippen LogP contribution in [0.15, 0.2) is 10.4 Å². The highest BCUT2D eigenvalue weighted by molar-refractivity contribution is 7.89. The lowest BCUT2D eigenvalue weighted by Gasteiger charge is -1.87. The number of primary sulfonamides is 1. The van der Waals surface area contributed by atoms with Crippen molar-refractivity contribution in [2.24, 2.45) is 10.9 Å². The third kappa shape index (κ3) is 1.96. The van der Waals surface area contributed by atoms with Gasteiger partial charge in [-0.05, 0) is 0 Å². The Labute approximate surface area is 68.1 Å². The van der Waals surface area contributed by atoms with E-state index in [2.05, 4.69) is 4.98 Å². The van der Waals surface area contributed by atoms with E-state index in [1.807, 2.05) is 0 Å². The number of hydrogen-bond donors (Lipinski definition) is 2. The molecule has 0 aliphatic carbocycles. The van der Waals surface area contributed by atoms with Crippen LogP contribution in [0.2, 0.25) is 0 Å². The summed E-state index contributed by atoms with van der Waals surface area (Å²) < 4.78 is 21.3. The molecule has 0 saturated heterocycles. The molecule has 1 aromatic heterocycles. The minimum absolute atomic E-state index is 0.108. The van der Waals surface area contributed by atoms with Gasteiger partial charge in [0.1, 0.15) is 5.01 Å². The van der Waals surface area contributed by atoms with Crippen molar-refractivity contribution in [3.63, 3.8) is 0 Å². The maximum Gasteiger partial charge on any atom is 0.256 e. The summed E-state index contributed by atoms with van der Waals surface area (Å²) in [5.74, 6) is 0. The first-order valence-corrected chi connectivity index (χ1v) is 5.14. The molecule has 0 bridgehead atoms. The Balaban J connectivity index is 3.09. The number of nitrogens with two attached hydrogens (primary N) is 2. The summed E-state index contributed by atoms with van der Waals surface area (Å²) in [6, 6.07) is 0. The lowest BCUT2D eigenvalue weighted by atomic mass is 10.7. The highest BCUT2D eigenvalue weighted by Gasteiger charge is 2.11. The Morgan fingerprint density at radius 2 is 2.27 bits per heavy atom. The molecule has 0 amide bonds. The lowest BCUT2D eigenvalue weighted by molar-refractivity contribution is 0.594. The molecule has 7 heteroatoms. The van der Waals surface area contributed by atoms with Crippen LogP contribution in [0.4, 0.5) is 0 Å². The maximum atomic E-state index is 10.6. The van der Waals surface area contributed by atoms with E-state index in [0.717, 1.165) is 0 Å². The first kappa shape index (κ1) is 8.60. The topological polar surface area (TPSA) is 99.1 Å². The van der Waals surface area contributed by atoms with Crippen LogP contribution in [0, 0.1) is 0 Å². The SMILES string of the molecule is NCc1nc(S(N)(=O)=O)cs1. The number of rotatable bonds is 2. The minimum Gasteiger partial charge on any atom is -0.325 e. The lowest BCUT2D eigenvalue weighted by Crippen LogP contribution is -2.12. The second-order valence-electron chi connectivity index (χ2n) is 1.83. The van der Waals surface area contributed by atoms with Crippen molar-refractivity contribution in [2.45, 2.75) is 11.6 Å². The van der Waals surface area contributed by atoms with E-state index in [4.69, 9.17) is 10.9 Å². The number of nitrogens with zero attached hydrogens (tertiary/aromatic N) is 1. The Morgan fingerprint density at radius 1 is 1.64 bits per heavy atom. The molecule has 0 spiro atoms. The van der Waals surface area contributed by atoms with Crippen LogP contribution >= 0.6 is 11.3 Å². The molecule has 0 fully saturated rings. The highest BCUT2D eigenvalue weighted by Crippen LogP contribution is 2.11. The fraction of sp³-hybridized carbons (Fsp3) is 0.250. The van der Waals surface area contributed by atoms with Gasteiger partial charge in [-0.1, -0.05) is 0 Å². The van der Waals surface area contributed by atoms with Gasteiger partial charge in [0.2, 0.25) is 0 Å². The van der Waals surface area contributed by atoms with Crippen LogP contribution in [0.25, 0.3) is 0 Å². The molecule has 5 nitrogen and oxygen atoms in total. The number of sulfonamides is 1. The van der Waals surface area contributed by atoms with E-state index in [9.17, 15) is 8.42 Å². The predicted molar refractivity (Wildman–Crippen MR) is 41.4 cm³/mol. The molecule has 0 saturated carbocycles. The average Bonchev–Trinajstić information content (AvgIpc) is 2.32. The first-order chi connectivity index (χ1) is 5.04. The second-order valence-corrected chi connectivity index (χ2v) is 4.28. The molecule has 1 rings (SSSR count). The summed E-state index contributed by atoms with van der Waals surface area (Å²) in [5, 5.41) is 6.63. The van der Waals surface area contributed by atoms with Gasteiger partial charge in [0.05, 0.1) is 0 Å². The Bertz CT molecular complexity index is 342. The Hall–Kier alpha value is -0.500. The molecule has 0 unspecified atom stereocenters. The molecule has 4 N–H and O–H groups in total. The zero-order valence-electron chi connectivity index (χ0n) is 5.52. The number of aromatic nitrogens is 1. The first-order valence-electron chi connectivity index (χ1n) is 2.71. The largest absolute Gasteiger partial charge is 0.325 e. The van der Waals surface area contributed by atoms with E-state index in [-0.39, 0.29) is 11.6 Å². The van der Waals surface area contributed by atoms with Crippen LogP contribution in [-0.2, 0) is 16.6 Å². The van der Waals surface area contributed by atoms with Gasteiger partial charge in [-0.25, -0.2) is 18.5 Å². The summed E-state index contributed by atoms with van der Waals surface area (Å²) in [6.07, 6.45) is 0. The fourth-order valence-electron chi connectivity index (χ4n) is 0.518. The smallest absolute Gasteiger partial charge is 0.256 e. The molecule has 62 valence electrons.